The lowest BCUT2D eigenvalue weighted by Gasteiger charge is -2.38. The van der Waals surface area contributed by atoms with Gasteiger partial charge in [-0.2, -0.15) is 0 Å². The van der Waals surface area contributed by atoms with Crippen LogP contribution in [0.4, 0.5) is 0 Å². The molecule has 2 aliphatic rings. The molecule has 5 nitrogen and oxygen atoms in total. The number of fused-ring (bicyclic) bond motifs is 1. The molecule has 2 amide bonds. The number of rotatable bonds is 2. The Hall–Kier alpha value is -1.59. The number of likely N-dealkylation sites (tertiary alicyclic amines) is 1. The Morgan fingerprint density at radius 2 is 2.04 bits per heavy atom. The maximum atomic E-state index is 12.8. The van der Waals surface area contributed by atoms with Crippen LogP contribution in [0.1, 0.15) is 30.6 Å². The highest BCUT2D eigenvalue weighted by atomic mass is 35.5. The lowest BCUT2D eigenvalue weighted by molar-refractivity contribution is -0.136. The van der Waals surface area contributed by atoms with Gasteiger partial charge in [-0.1, -0.05) is 23.7 Å². The van der Waals surface area contributed by atoms with Crippen LogP contribution in [0.15, 0.2) is 24.3 Å². The Morgan fingerprint density at radius 1 is 1.29 bits per heavy atom. The molecule has 0 spiro atoms. The van der Waals surface area contributed by atoms with Gasteiger partial charge in [0, 0.05) is 31.6 Å². The lowest BCUT2D eigenvalue weighted by atomic mass is 9.93. The molecule has 0 saturated carbocycles. The summed E-state index contributed by atoms with van der Waals surface area (Å²) in [4.78, 5) is 28.7. The molecule has 24 heavy (non-hydrogen) atoms. The number of piperidine rings is 1. The summed E-state index contributed by atoms with van der Waals surface area (Å²) in [5.41, 5.74) is 0.531. The molecule has 0 aliphatic carbocycles. The Morgan fingerprint density at radius 3 is 2.75 bits per heavy atom. The second-order valence-electron chi connectivity index (χ2n) is 6.77. The minimum absolute atomic E-state index is 0.0309. The summed E-state index contributed by atoms with van der Waals surface area (Å²) in [6.07, 6.45) is 0.785. The normalized spacial score (nSPS) is 24.8. The fourth-order valence-electron chi connectivity index (χ4n) is 3.51. The summed E-state index contributed by atoms with van der Waals surface area (Å²) >= 11 is 6.16. The van der Waals surface area contributed by atoms with Gasteiger partial charge < -0.3 is 14.5 Å². The van der Waals surface area contributed by atoms with Crippen molar-refractivity contribution in [3.8, 4) is 0 Å². The van der Waals surface area contributed by atoms with Gasteiger partial charge in [0.1, 0.15) is 6.61 Å². The average molecular weight is 351 g/mol. The van der Waals surface area contributed by atoms with Gasteiger partial charge in [-0.15, -0.1) is 0 Å². The maximum Gasteiger partial charge on any atom is 0.255 e. The van der Waals surface area contributed by atoms with Gasteiger partial charge in [0.15, 0.2) is 0 Å². The van der Waals surface area contributed by atoms with Gasteiger partial charge in [-0.25, -0.2) is 0 Å². The number of amides is 2. The first kappa shape index (κ1) is 17.2. The van der Waals surface area contributed by atoms with Crippen molar-refractivity contribution in [3.63, 3.8) is 0 Å². The fourth-order valence-corrected chi connectivity index (χ4v) is 3.73. The van der Waals surface area contributed by atoms with Crippen LogP contribution < -0.4 is 0 Å². The number of benzene rings is 1. The van der Waals surface area contributed by atoms with Gasteiger partial charge in [-0.05, 0) is 32.4 Å². The molecule has 2 fully saturated rings. The highest BCUT2D eigenvalue weighted by Gasteiger charge is 2.38. The predicted molar refractivity (Wildman–Crippen MR) is 92.1 cm³/mol. The molecule has 3 rings (SSSR count). The maximum absolute atomic E-state index is 12.8. The zero-order chi connectivity index (χ0) is 17.3. The molecule has 130 valence electrons. The van der Waals surface area contributed by atoms with E-state index in [2.05, 4.69) is 0 Å². The van der Waals surface area contributed by atoms with Crippen molar-refractivity contribution in [2.75, 3.05) is 26.2 Å². The largest absolute Gasteiger partial charge is 0.368 e. The van der Waals surface area contributed by atoms with Crippen molar-refractivity contribution >= 4 is 23.4 Å². The van der Waals surface area contributed by atoms with Crippen LogP contribution >= 0.6 is 11.6 Å². The number of hydrogen-bond acceptors (Lipinski definition) is 3. The molecule has 2 aliphatic heterocycles. The van der Waals surface area contributed by atoms with E-state index in [0.717, 1.165) is 6.42 Å². The third-order valence-corrected chi connectivity index (χ3v) is 5.18. The molecule has 2 heterocycles. The van der Waals surface area contributed by atoms with E-state index < -0.39 is 0 Å². The SMILES string of the molecule is CC(C)N1C[C@H]2CN(C(=O)c3ccccc3Cl)CC[C@@H]2OCC1=O. The van der Waals surface area contributed by atoms with E-state index in [1.54, 1.807) is 12.1 Å². The van der Waals surface area contributed by atoms with Crippen LogP contribution in [0.25, 0.3) is 0 Å². The number of hydrogen-bond donors (Lipinski definition) is 0. The van der Waals surface area contributed by atoms with E-state index in [-0.39, 0.29) is 36.5 Å². The number of nitrogens with zero attached hydrogens (tertiary/aromatic N) is 2. The first-order chi connectivity index (χ1) is 11.5. The van der Waals surface area contributed by atoms with Crippen molar-refractivity contribution in [1.29, 1.82) is 0 Å². The topological polar surface area (TPSA) is 49.9 Å². The summed E-state index contributed by atoms with van der Waals surface area (Å²) in [5.74, 6) is 0.119. The van der Waals surface area contributed by atoms with E-state index >= 15 is 0 Å². The molecule has 0 N–H and O–H groups in total. The number of ether oxygens (including phenoxy) is 1. The van der Waals surface area contributed by atoms with Gasteiger partial charge >= 0.3 is 0 Å². The van der Waals surface area contributed by atoms with Gasteiger partial charge in [-0.3, -0.25) is 9.59 Å². The average Bonchev–Trinajstić information content (AvgIpc) is 2.73. The molecule has 6 heteroatoms. The molecular weight excluding hydrogens is 328 g/mol. The van der Waals surface area contributed by atoms with E-state index in [9.17, 15) is 9.59 Å². The summed E-state index contributed by atoms with van der Waals surface area (Å²) in [7, 11) is 0. The standard InChI is InChI=1S/C18H23ClN2O3/c1-12(2)21-10-13-9-20(8-7-16(13)24-11-17(21)22)18(23)14-5-3-4-6-15(14)19/h3-6,12-13,16H,7-11H2,1-2H3/t13-,16+/m1/s1. The first-order valence-electron chi connectivity index (χ1n) is 8.42. The van der Waals surface area contributed by atoms with E-state index in [1.807, 2.05) is 35.8 Å². The quantitative estimate of drug-likeness (QED) is 0.823. The Bertz CT molecular complexity index is 634. The second kappa shape index (κ2) is 7.11. The number of halogens is 1. The molecule has 0 bridgehead atoms. The minimum Gasteiger partial charge on any atom is -0.368 e. The van der Waals surface area contributed by atoms with E-state index in [1.165, 1.54) is 0 Å². The minimum atomic E-state index is -0.0503. The van der Waals surface area contributed by atoms with Gasteiger partial charge in [0.25, 0.3) is 5.91 Å². The molecule has 1 aromatic rings. The van der Waals surface area contributed by atoms with Crippen molar-refractivity contribution in [3.05, 3.63) is 34.9 Å². The number of carbonyl (C=O) groups excluding carboxylic acids is 2. The third kappa shape index (κ3) is 3.42. The third-order valence-electron chi connectivity index (χ3n) is 4.85. The molecule has 0 aromatic heterocycles. The second-order valence-corrected chi connectivity index (χ2v) is 7.18. The molecule has 0 radical (unpaired) electrons. The molecular formula is C18H23ClN2O3. The van der Waals surface area contributed by atoms with Crippen molar-refractivity contribution in [2.24, 2.45) is 5.92 Å². The van der Waals surface area contributed by atoms with Crippen molar-refractivity contribution in [1.82, 2.24) is 9.80 Å². The van der Waals surface area contributed by atoms with Crippen LogP contribution in [0.2, 0.25) is 5.02 Å². The predicted octanol–water partition coefficient (Wildman–Crippen LogP) is 2.44. The Balaban J connectivity index is 1.75. The van der Waals surface area contributed by atoms with Crippen LogP contribution in [0, 0.1) is 5.92 Å². The molecule has 2 atom stereocenters. The zero-order valence-electron chi connectivity index (χ0n) is 14.1. The van der Waals surface area contributed by atoms with E-state index in [0.29, 0.717) is 30.2 Å². The number of carbonyl (C=O) groups is 2. The monoisotopic (exact) mass is 350 g/mol. The lowest BCUT2D eigenvalue weighted by Crippen LogP contribution is -2.50. The van der Waals surface area contributed by atoms with E-state index in [4.69, 9.17) is 16.3 Å². The van der Waals surface area contributed by atoms with Crippen LogP contribution in [0.5, 0.6) is 0 Å². The smallest absolute Gasteiger partial charge is 0.255 e. The summed E-state index contributed by atoms with van der Waals surface area (Å²) in [6, 6.07) is 7.25. The fraction of sp³-hybridized carbons (Fsp3) is 0.556. The summed E-state index contributed by atoms with van der Waals surface area (Å²) in [5, 5.41) is 0.473. The molecule has 0 unspecified atom stereocenters. The molecule has 1 aromatic carbocycles. The van der Waals surface area contributed by atoms with Gasteiger partial charge in [0.2, 0.25) is 5.91 Å². The van der Waals surface area contributed by atoms with Crippen molar-refractivity contribution < 1.29 is 14.3 Å². The van der Waals surface area contributed by atoms with Crippen LogP contribution in [0.3, 0.4) is 0 Å². The first-order valence-corrected chi connectivity index (χ1v) is 8.80. The summed E-state index contributed by atoms with van der Waals surface area (Å²) < 4.78 is 5.80. The highest BCUT2D eigenvalue weighted by molar-refractivity contribution is 6.33. The van der Waals surface area contributed by atoms with Crippen LogP contribution in [-0.2, 0) is 9.53 Å². The summed E-state index contributed by atoms with van der Waals surface area (Å²) in [6.45, 7) is 6.00. The highest BCUT2D eigenvalue weighted by Crippen LogP contribution is 2.27. The Labute approximate surface area is 147 Å². The Kier molecular flexibility index (Phi) is 5.11. The molecule has 2 saturated heterocycles. The van der Waals surface area contributed by atoms with Gasteiger partial charge in [0.05, 0.1) is 16.7 Å². The van der Waals surface area contributed by atoms with Crippen molar-refractivity contribution in [2.45, 2.75) is 32.4 Å². The van der Waals surface area contributed by atoms with Crippen LogP contribution in [-0.4, -0.2) is 60.0 Å². The zero-order valence-corrected chi connectivity index (χ0v) is 14.8.